The van der Waals surface area contributed by atoms with Crippen LogP contribution in [0, 0.1) is 23.2 Å². The second-order valence-electron chi connectivity index (χ2n) is 11.4. The monoisotopic (exact) mass is 524 g/mol. The summed E-state index contributed by atoms with van der Waals surface area (Å²) in [5.41, 5.74) is -2.08. The van der Waals surface area contributed by atoms with Gasteiger partial charge in [0.2, 0.25) is 0 Å². The van der Waals surface area contributed by atoms with Crippen LogP contribution in [0.2, 0.25) is 0 Å². The van der Waals surface area contributed by atoms with Gasteiger partial charge in [0, 0.05) is 6.42 Å². The smallest absolute Gasteiger partial charge is 0.393 e. The Balaban J connectivity index is 1.69. The van der Waals surface area contributed by atoms with Crippen molar-refractivity contribution in [2.24, 2.45) is 23.2 Å². The van der Waals surface area contributed by atoms with E-state index in [2.05, 4.69) is 19.6 Å². The molecule has 0 bridgehead atoms. The minimum atomic E-state index is -5.77. The van der Waals surface area contributed by atoms with E-state index >= 15 is 0 Å². The lowest BCUT2D eigenvalue weighted by atomic mass is 9.60. The van der Waals surface area contributed by atoms with Gasteiger partial charge in [-0.3, -0.25) is 0 Å². The second kappa shape index (κ2) is 10.4. The second-order valence-corrected chi connectivity index (χ2v) is 11.4. The van der Waals surface area contributed by atoms with Crippen molar-refractivity contribution >= 4 is 0 Å². The van der Waals surface area contributed by atoms with Crippen molar-refractivity contribution in [1.82, 2.24) is 0 Å². The molecule has 3 nitrogen and oxygen atoms in total. The largest absolute Gasteiger partial charge is 0.426 e. The molecule has 0 radical (unpaired) electrons. The van der Waals surface area contributed by atoms with Crippen LogP contribution < -0.4 is 0 Å². The summed E-state index contributed by atoms with van der Waals surface area (Å²) in [6, 6.07) is 0. The van der Waals surface area contributed by atoms with Crippen molar-refractivity contribution in [3.05, 3.63) is 35.5 Å². The highest BCUT2D eigenvalue weighted by molar-refractivity contribution is 5.38. The number of aliphatic hydroxyl groups excluding tert-OH is 2. The third-order valence-electron chi connectivity index (χ3n) is 9.12. The molecule has 0 saturated heterocycles. The number of allylic oxidation sites excluding steroid dienone is 3. The van der Waals surface area contributed by atoms with E-state index in [-0.39, 0.29) is 42.4 Å². The first-order valence-corrected chi connectivity index (χ1v) is 12.8. The zero-order valence-electron chi connectivity index (χ0n) is 20.9. The normalized spacial score (nSPS) is 35.4. The molecule has 6 atom stereocenters. The Morgan fingerprint density at radius 2 is 1.72 bits per heavy atom. The van der Waals surface area contributed by atoms with E-state index in [1.54, 1.807) is 0 Å². The molecule has 0 heterocycles. The molecule has 0 aromatic carbocycles. The van der Waals surface area contributed by atoms with E-state index in [9.17, 15) is 41.7 Å². The number of hydrogen-bond acceptors (Lipinski definition) is 3. The molecule has 9 heteroatoms. The van der Waals surface area contributed by atoms with Crippen LogP contribution in [0.5, 0.6) is 0 Å². The lowest BCUT2D eigenvalue weighted by molar-refractivity contribution is -0.370. The molecule has 3 fully saturated rings. The molecular weight excluding hydrogens is 486 g/mol. The number of rotatable bonds is 6. The van der Waals surface area contributed by atoms with Gasteiger partial charge in [0.25, 0.3) is 5.60 Å². The number of halogens is 6. The van der Waals surface area contributed by atoms with Gasteiger partial charge in [-0.05, 0) is 85.7 Å². The maximum atomic E-state index is 13.0. The summed E-state index contributed by atoms with van der Waals surface area (Å²) in [6.45, 7) is 8.03. The molecule has 206 valence electrons. The van der Waals surface area contributed by atoms with Crippen LogP contribution in [0.3, 0.4) is 0 Å². The van der Waals surface area contributed by atoms with Gasteiger partial charge < -0.3 is 15.3 Å². The molecule has 0 amide bonds. The average Bonchev–Trinajstić information content (AvgIpc) is 3.11. The summed E-state index contributed by atoms with van der Waals surface area (Å²) >= 11 is 0. The van der Waals surface area contributed by atoms with E-state index < -0.39 is 36.6 Å². The molecule has 3 saturated carbocycles. The molecule has 3 aliphatic rings. The number of hydrogen-bond donors (Lipinski definition) is 3. The summed E-state index contributed by atoms with van der Waals surface area (Å²) in [4.78, 5) is 0. The van der Waals surface area contributed by atoms with Crippen molar-refractivity contribution in [2.45, 2.75) is 108 Å². The Hall–Kier alpha value is -1.32. The highest BCUT2D eigenvalue weighted by Crippen LogP contribution is 2.60. The number of alkyl halides is 6. The molecule has 0 aliphatic heterocycles. The fraction of sp³-hybridized carbons (Fsp3) is 0.778. The van der Waals surface area contributed by atoms with Gasteiger partial charge in [0.15, 0.2) is 0 Å². The Bertz CT molecular complexity index is 860. The molecule has 0 aromatic rings. The molecule has 3 rings (SSSR count). The average molecular weight is 525 g/mol. The Morgan fingerprint density at radius 1 is 1.08 bits per heavy atom. The quantitative estimate of drug-likeness (QED) is 0.336. The summed E-state index contributed by atoms with van der Waals surface area (Å²) in [5, 5.41) is 29.5. The number of fused-ring (bicyclic) bond motifs is 1. The predicted octanol–water partition coefficient (Wildman–Crippen LogP) is 6.79. The predicted molar refractivity (Wildman–Crippen MR) is 125 cm³/mol. The molecule has 3 aliphatic carbocycles. The Morgan fingerprint density at radius 3 is 2.33 bits per heavy atom. The summed E-state index contributed by atoms with van der Waals surface area (Å²) in [7, 11) is 0. The fourth-order valence-electron chi connectivity index (χ4n) is 7.00. The summed E-state index contributed by atoms with van der Waals surface area (Å²) in [6.07, 6.45) is -5.24. The first-order chi connectivity index (χ1) is 16.5. The van der Waals surface area contributed by atoms with E-state index in [4.69, 9.17) is 0 Å². The van der Waals surface area contributed by atoms with E-state index in [1.807, 2.05) is 13.0 Å². The zero-order valence-corrected chi connectivity index (χ0v) is 20.9. The van der Waals surface area contributed by atoms with Crippen LogP contribution in [0.25, 0.3) is 0 Å². The maximum absolute atomic E-state index is 13.0. The van der Waals surface area contributed by atoms with Crippen molar-refractivity contribution in [1.29, 1.82) is 0 Å². The fourth-order valence-corrected chi connectivity index (χ4v) is 7.00. The minimum absolute atomic E-state index is 0.0770. The molecule has 0 aromatic heterocycles. The minimum Gasteiger partial charge on any atom is -0.393 e. The van der Waals surface area contributed by atoms with Crippen LogP contribution in [0.15, 0.2) is 35.5 Å². The van der Waals surface area contributed by atoms with E-state index in [0.29, 0.717) is 12.0 Å². The molecule has 3 N–H and O–H groups in total. The highest BCUT2D eigenvalue weighted by Gasteiger charge is 2.69. The van der Waals surface area contributed by atoms with Gasteiger partial charge in [-0.25, -0.2) is 0 Å². The van der Waals surface area contributed by atoms with Crippen LogP contribution in [0.4, 0.5) is 26.3 Å². The van der Waals surface area contributed by atoms with Crippen molar-refractivity contribution in [3.63, 3.8) is 0 Å². The molecule has 36 heavy (non-hydrogen) atoms. The third kappa shape index (κ3) is 5.58. The summed E-state index contributed by atoms with van der Waals surface area (Å²) < 4.78 is 78.1. The van der Waals surface area contributed by atoms with Crippen LogP contribution in [-0.2, 0) is 0 Å². The van der Waals surface area contributed by atoms with Crippen LogP contribution >= 0.6 is 0 Å². The van der Waals surface area contributed by atoms with Crippen molar-refractivity contribution in [3.8, 4) is 0 Å². The molecule has 1 unspecified atom stereocenters. The Labute approximate surface area is 209 Å². The first kappa shape index (κ1) is 29.2. The van der Waals surface area contributed by atoms with Gasteiger partial charge in [-0.2, -0.15) is 26.3 Å². The van der Waals surface area contributed by atoms with Crippen molar-refractivity contribution in [2.75, 3.05) is 0 Å². The Kier molecular flexibility index (Phi) is 8.48. The standard InChI is InChI=1S/C27H38F6O3/c1-16(6-4-13-25(36,26(28,29)30)27(31,32)33)21-10-11-22-18(7-5-12-24(21,22)3)8-9-19-14-20(34)15-23(35)17(19)2/h8-9,16,20-23,34-36H,2,4-7,10-15H2,1,3H3/b18-8+,19-9-/t16-,20-,21?,22+,23+,24-/m1/s1. The third-order valence-corrected chi connectivity index (χ3v) is 9.12. The number of aliphatic hydroxyl groups is 3. The van der Waals surface area contributed by atoms with E-state index in [1.165, 1.54) is 5.57 Å². The topological polar surface area (TPSA) is 60.7 Å². The lowest BCUT2D eigenvalue weighted by Gasteiger charge is -2.44. The lowest BCUT2D eigenvalue weighted by Crippen LogP contribution is -2.56. The van der Waals surface area contributed by atoms with Gasteiger partial charge >= 0.3 is 12.4 Å². The van der Waals surface area contributed by atoms with Crippen LogP contribution in [0.1, 0.15) is 78.1 Å². The molecule has 0 spiro atoms. The van der Waals surface area contributed by atoms with Gasteiger partial charge in [0.1, 0.15) is 0 Å². The highest BCUT2D eigenvalue weighted by atomic mass is 19.4. The van der Waals surface area contributed by atoms with Gasteiger partial charge in [0.05, 0.1) is 12.2 Å². The maximum Gasteiger partial charge on any atom is 0.426 e. The van der Waals surface area contributed by atoms with Crippen LogP contribution in [-0.4, -0.2) is 45.5 Å². The zero-order chi connectivity index (χ0) is 27.1. The SMILES string of the molecule is C=C1/C(=C\C=C2/CCC[C@]3(C)C([C@H](C)CCCC(O)(C(F)(F)F)C(F)(F)F)CC[C@@H]23)C[C@@H](O)C[C@@H]1O. The van der Waals surface area contributed by atoms with Gasteiger partial charge in [-0.15, -0.1) is 0 Å². The van der Waals surface area contributed by atoms with Gasteiger partial charge in [-0.1, -0.05) is 44.6 Å². The first-order valence-electron chi connectivity index (χ1n) is 12.8. The van der Waals surface area contributed by atoms with Crippen molar-refractivity contribution < 1.29 is 41.7 Å². The van der Waals surface area contributed by atoms with E-state index in [0.717, 1.165) is 37.7 Å². The summed E-state index contributed by atoms with van der Waals surface area (Å²) in [5.74, 6) is 0.355. The molecular formula is C27H38F6O3.